The van der Waals surface area contributed by atoms with E-state index in [9.17, 15) is 0 Å². The number of nitrogens with zero attached hydrogens (tertiary/aromatic N) is 2. The van der Waals surface area contributed by atoms with Crippen LogP contribution in [-0.2, 0) is 0 Å². The Hall–Kier alpha value is -3.10. The Morgan fingerprint density at radius 3 is 2.50 bits per heavy atom. The Labute approximate surface area is 154 Å². The van der Waals surface area contributed by atoms with Gasteiger partial charge in [0.2, 0.25) is 0 Å². The van der Waals surface area contributed by atoms with Gasteiger partial charge >= 0.3 is 0 Å². The van der Waals surface area contributed by atoms with Gasteiger partial charge in [-0.15, -0.1) is 0 Å². The highest BCUT2D eigenvalue weighted by molar-refractivity contribution is 6.32. The van der Waals surface area contributed by atoms with Crippen LogP contribution in [0.5, 0.6) is 0 Å². The number of pyridine rings is 1. The third kappa shape index (κ3) is 1.74. The summed E-state index contributed by atoms with van der Waals surface area (Å²) < 4.78 is 2.26. The maximum atomic E-state index is 6.36. The van der Waals surface area contributed by atoms with E-state index in [1.54, 1.807) is 0 Å². The first kappa shape index (κ1) is 14.1. The lowest BCUT2D eigenvalue weighted by Gasteiger charge is -2.11. The summed E-state index contributed by atoms with van der Waals surface area (Å²) in [5.41, 5.74) is 4.24. The van der Waals surface area contributed by atoms with Gasteiger partial charge in [-0.25, -0.2) is 4.98 Å². The summed E-state index contributed by atoms with van der Waals surface area (Å²) in [5.74, 6) is 0. The Bertz CT molecular complexity index is 1490. The number of benzene rings is 4. The molecule has 0 aliphatic rings. The van der Waals surface area contributed by atoms with Crippen molar-refractivity contribution in [1.82, 2.24) is 9.38 Å². The van der Waals surface area contributed by atoms with Crippen LogP contribution >= 0.6 is 11.6 Å². The van der Waals surface area contributed by atoms with E-state index in [0.717, 1.165) is 32.6 Å². The number of imidazole rings is 1. The van der Waals surface area contributed by atoms with Crippen molar-refractivity contribution in [3.63, 3.8) is 0 Å². The van der Waals surface area contributed by atoms with E-state index in [0.29, 0.717) is 0 Å². The third-order valence-electron chi connectivity index (χ3n) is 5.20. The van der Waals surface area contributed by atoms with E-state index >= 15 is 0 Å². The van der Waals surface area contributed by atoms with Gasteiger partial charge in [-0.1, -0.05) is 60.1 Å². The summed E-state index contributed by atoms with van der Waals surface area (Å²) in [6, 6.07) is 27.2. The van der Waals surface area contributed by atoms with Crippen LogP contribution in [0.25, 0.3) is 49.1 Å². The highest BCUT2D eigenvalue weighted by Gasteiger charge is 2.15. The van der Waals surface area contributed by atoms with Crippen LogP contribution in [0.1, 0.15) is 0 Å². The van der Waals surface area contributed by atoms with Crippen molar-refractivity contribution in [1.29, 1.82) is 0 Å². The Kier molecular flexibility index (Phi) is 2.69. The molecular formula is C23H13ClN2. The highest BCUT2D eigenvalue weighted by Crippen LogP contribution is 2.37. The van der Waals surface area contributed by atoms with Gasteiger partial charge in [0.1, 0.15) is 5.65 Å². The normalized spacial score (nSPS) is 12.0. The summed E-state index contributed by atoms with van der Waals surface area (Å²) in [7, 11) is 0. The van der Waals surface area contributed by atoms with Crippen LogP contribution < -0.4 is 0 Å². The zero-order chi connectivity index (χ0) is 17.3. The van der Waals surface area contributed by atoms with E-state index in [1.165, 1.54) is 21.5 Å². The minimum absolute atomic E-state index is 0.746. The molecule has 0 fully saturated rings. The molecule has 0 spiro atoms. The minimum Gasteiger partial charge on any atom is -0.292 e. The lowest BCUT2D eigenvalue weighted by molar-refractivity contribution is 1.32. The second kappa shape index (κ2) is 4.96. The molecule has 0 saturated heterocycles. The van der Waals surface area contributed by atoms with Crippen LogP contribution in [0.2, 0.25) is 5.02 Å². The standard InChI is InChI=1S/C23H13ClN2/c24-15-10-12-20-18(13-15)17-11-9-14-5-1-2-6-16(14)22(17)23-25-19-7-3-4-8-21(19)26(20)23/h1-13H. The fraction of sp³-hybridized carbons (Fsp3) is 0. The first-order valence-corrected chi connectivity index (χ1v) is 8.99. The maximum absolute atomic E-state index is 6.36. The zero-order valence-electron chi connectivity index (χ0n) is 13.8. The van der Waals surface area contributed by atoms with Gasteiger partial charge in [-0.2, -0.15) is 0 Å². The quantitative estimate of drug-likeness (QED) is 0.281. The van der Waals surface area contributed by atoms with Crippen LogP contribution in [0.3, 0.4) is 0 Å². The topological polar surface area (TPSA) is 17.3 Å². The van der Waals surface area contributed by atoms with Crippen LogP contribution in [-0.4, -0.2) is 9.38 Å². The molecule has 4 aromatic carbocycles. The fourth-order valence-electron chi connectivity index (χ4n) is 4.09. The molecule has 0 aliphatic heterocycles. The molecule has 0 saturated carbocycles. The molecule has 0 amide bonds. The summed E-state index contributed by atoms with van der Waals surface area (Å²) in [5, 5.41) is 6.69. The van der Waals surface area contributed by atoms with Gasteiger partial charge in [0.25, 0.3) is 0 Å². The van der Waals surface area contributed by atoms with Crippen LogP contribution in [0, 0.1) is 0 Å². The highest BCUT2D eigenvalue weighted by atomic mass is 35.5. The van der Waals surface area contributed by atoms with Crippen LogP contribution in [0.4, 0.5) is 0 Å². The lowest BCUT2D eigenvalue weighted by Crippen LogP contribution is -1.92. The Morgan fingerprint density at radius 1 is 0.692 bits per heavy atom. The van der Waals surface area contributed by atoms with Crippen molar-refractivity contribution in [2.75, 3.05) is 0 Å². The summed E-state index contributed by atoms with van der Waals surface area (Å²) in [4.78, 5) is 5.00. The maximum Gasteiger partial charge on any atom is 0.147 e. The molecule has 0 unspecified atom stereocenters. The molecule has 2 nitrogen and oxygen atoms in total. The van der Waals surface area contributed by atoms with Gasteiger partial charge in [-0.05, 0) is 46.5 Å². The second-order valence-electron chi connectivity index (χ2n) is 6.63. The molecule has 0 aliphatic carbocycles. The van der Waals surface area contributed by atoms with Gasteiger partial charge < -0.3 is 0 Å². The second-order valence-corrected chi connectivity index (χ2v) is 7.07. The van der Waals surface area contributed by atoms with Crippen LogP contribution in [0.15, 0.2) is 78.9 Å². The molecule has 0 N–H and O–H groups in total. The van der Waals surface area contributed by atoms with Crippen molar-refractivity contribution in [3.8, 4) is 0 Å². The van der Waals surface area contributed by atoms with E-state index in [4.69, 9.17) is 16.6 Å². The molecule has 26 heavy (non-hydrogen) atoms. The molecule has 0 atom stereocenters. The Balaban J connectivity index is 2.06. The largest absolute Gasteiger partial charge is 0.292 e. The van der Waals surface area contributed by atoms with Crippen molar-refractivity contribution < 1.29 is 0 Å². The smallest absolute Gasteiger partial charge is 0.147 e. The number of para-hydroxylation sites is 2. The molecular weight excluding hydrogens is 340 g/mol. The predicted octanol–water partition coefficient (Wildman–Crippen LogP) is 6.60. The van der Waals surface area contributed by atoms with E-state index < -0.39 is 0 Å². The number of rotatable bonds is 0. The molecule has 6 rings (SSSR count). The van der Waals surface area contributed by atoms with Gasteiger partial charge in [-0.3, -0.25) is 4.40 Å². The summed E-state index contributed by atoms with van der Waals surface area (Å²) >= 11 is 6.36. The molecule has 6 aromatic rings. The number of hydrogen-bond acceptors (Lipinski definition) is 1. The van der Waals surface area contributed by atoms with Crippen molar-refractivity contribution in [2.24, 2.45) is 0 Å². The average molecular weight is 353 g/mol. The third-order valence-corrected chi connectivity index (χ3v) is 5.44. The van der Waals surface area contributed by atoms with Gasteiger partial charge in [0.05, 0.1) is 16.6 Å². The zero-order valence-corrected chi connectivity index (χ0v) is 14.5. The lowest BCUT2D eigenvalue weighted by atomic mass is 9.99. The average Bonchev–Trinajstić information content (AvgIpc) is 3.07. The van der Waals surface area contributed by atoms with Crippen molar-refractivity contribution >= 4 is 60.7 Å². The molecule has 2 heterocycles. The molecule has 122 valence electrons. The number of aromatic nitrogens is 2. The number of halogens is 1. The molecule has 0 bridgehead atoms. The fourth-order valence-corrected chi connectivity index (χ4v) is 4.27. The first-order chi connectivity index (χ1) is 12.8. The Morgan fingerprint density at radius 2 is 1.54 bits per heavy atom. The van der Waals surface area contributed by atoms with E-state index in [-0.39, 0.29) is 0 Å². The predicted molar refractivity (Wildman–Crippen MR) is 110 cm³/mol. The molecule has 0 radical (unpaired) electrons. The molecule has 2 aromatic heterocycles. The van der Waals surface area contributed by atoms with Gasteiger partial charge in [0.15, 0.2) is 0 Å². The SMILES string of the molecule is Clc1ccc2c(c1)c1ccc3ccccc3c1c1nc3ccccc3n21. The summed E-state index contributed by atoms with van der Waals surface area (Å²) in [6.07, 6.45) is 0. The first-order valence-electron chi connectivity index (χ1n) is 8.61. The number of fused-ring (bicyclic) bond motifs is 10. The molecule has 3 heteroatoms. The summed E-state index contributed by atoms with van der Waals surface area (Å²) in [6.45, 7) is 0. The monoisotopic (exact) mass is 352 g/mol. The van der Waals surface area contributed by atoms with E-state index in [2.05, 4.69) is 71.1 Å². The van der Waals surface area contributed by atoms with Crippen molar-refractivity contribution in [3.05, 3.63) is 83.9 Å². The minimum atomic E-state index is 0.746. The van der Waals surface area contributed by atoms with Gasteiger partial charge in [0, 0.05) is 15.8 Å². The van der Waals surface area contributed by atoms with E-state index in [1.807, 2.05) is 12.1 Å². The number of hydrogen-bond donors (Lipinski definition) is 0. The van der Waals surface area contributed by atoms with Crippen molar-refractivity contribution in [2.45, 2.75) is 0 Å².